The van der Waals surface area contributed by atoms with Crippen LogP contribution in [0.4, 0.5) is 17.6 Å². The molecule has 9 heteroatoms. The molecule has 0 radical (unpaired) electrons. The summed E-state index contributed by atoms with van der Waals surface area (Å²) in [7, 11) is -1.45. The van der Waals surface area contributed by atoms with Crippen molar-refractivity contribution in [2.24, 2.45) is 4.40 Å². The molecule has 1 aromatic heterocycles. The molecular weight excluding hydrogens is 336 g/mol. The summed E-state index contributed by atoms with van der Waals surface area (Å²) in [5.74, 6) is -4.25. The Morgan fingerprint density at radius 2 is 2.00 bits per heavy atom. The molecule has 1 aromatic rings. The summed E-state index contributed by atoms with van der Waals surface area (Å²) in [5, 5.41) is 0. The minimum Gasteiger partial charge on any atom is -0.485 e. The molecule has 0 aliphatic heterocycles. The van der Waals surface area contributed by atoms with Crippen LogP contribution in [0.2, 0.25) is 0 Å². The van der Waals surface area contributed by atoms with Crippen LogP contribution in [-0.2, 0) is 11.0 Å². The summed E-state index contributed by atoms with van der Waals surface area (Å²) in [4.78, 5) is 3.90. The smallest absolute Gasteiger partial charge is 0.340 e. The van der Waals surface area contributed by atoms with E-state index in [-0.39, 0.29) is 5.75 Å². The summed E-state index contributed by atoms with van der Waals surface area (Å²) in [6.07, 6.45) is -1.36. The predicted molar refractivity (Wildman–Crippen MR) is 80.9 cm³/mol. The van der Waals surface area contributed by atoms with Gasteiger partial charge < -0.3 is 4.74 Å². The van der Waals surface area contributed by atoms with Crippen molar-refractivity contribution in [3.63, 3.8) is 0 Å². The molecule has 1 atom stereocenters. The summed E-state index contributed by atoms with van der Waals surface area (Å²) < 4.78 is 69.6. The lowest BCUT2D eigenvalue weighted by Gasteiger charge is -2.16. The van der Waals surface area contributed by atoms with Gasteiger partial charge in [0, 0.05) is 0 Å². The van der Waals surface area contributed by atoms with E-state index in [2.05, 4.69) is 9.38 Å². The number of hydrogen-bond acceptors (Lipinski definition) is 3. The summed E-state index contributed by atoms with van der Waals surface area (Å²) >= 11 is 0. The second-order valence-corrected chi connectivity index (χ2v) is 7.75. The van der Waals surface area contributed by atoms with Gasteiger partial charge in [0.05, 0.1) is 22.9 Å². The fourth-order valence-electron chi connectivity index (χ4n) is 1.28. The Morgan fingerprint density at radius 1 is 1.39 bits per heavy atom. The number of aromatic nitrogens is 1. The predicted octanol–water partition coefficient (Wildman–Crippen LogP) is 3.55. The lowest BCUT2D eigenvalue weighted by atomic mass is 10.2. The Balaban J connectivity index is 2.79. The molecule has 4 nitrogen and oxygen atoms in total. The number of halogens is 4. The van der Waals surface area contributed by atoms with Gasteiger partial charge in [-0.25, -0.2) is 13.0 Å². The van der Waals surface area contributed by atoms with Gasteiger partial charge in [-0.3, -0.25) is 4.98 Å². The van der Waals surface area contributed by atoms with Crippen LogP contribution in [0.5, 0.6) is 5.75 Å². The molecule has 0 N–H and O–H groups in total. The normalized spacial score (nSPS) is 14.5. The molecule has 1 heterocycles. The molecule has 0 unspecified atom stereocenters. The highest BCUT2D eigenvalue weighted by Gasteiger charge is 2.41. The molecule has 130 valence electrons. The van der Waals surface area contributed by atoms with E-state index in [4.69, 9.17) is 4.74 Å². The van der Waals surface area contributed by atoms with Crippen LogP contribution in [-0.4, -0.2) is 39.1 Å². The van der Waals surface area contributed by atoms with Crippen LogP contribution in [0.15, 0.2) is 16.7 Å². The van der Waals surface area contributed by atoms with Crippen molar-refractivity contribution < 1.29 is 26.5 Å². The van der Waals surface area contributed by atoms with Crippen LogP contribution >= 0.6 is 0 Å². The van der Waals surface area contributed by atoms with E-state index in [1.807, 2.05) is 0 Å². The third-order valence-corrected chi connectivity index (χ3v) is 3.97. The SMILES string of the molecule is Cc1cc(/C=N/[S@](=O)C(C)(C)C)ncc1OCC(F)(F)C(F)F. The van der Waals surface area contributed by atoms with Crippen LogP contribution in [0.3, 0.4) is 0 Å². The second kappa shape index (κ2) is 7.37. The van der Waals surface area contributed by atoms with Gasteiger partial charge in [-0.05, 0) is 39.3 Å². The molecule has 0 aromatic carbocycles. The highest BCUT2D eigenvalue weighted by atomic mass is 32.2. The average molecular weight is 354 g/mol. The first-order valence-electron chi connectivity index (χ1n) is 6.65. The Bertz CT molecular complexity index is 601. The monoisotopic (exact) mass is 354 g/mol. The van der Waals surface area contributed by atoms with E-state index in [0.29, 0.717) is 11.3 Å². The number of hydrogen-bond donors (Lipinski definition) is 0. The number of alkyl halides is 4. The van der Waals surface area contributed by atoms with Gasteiger partial charge in [-0.15, -0.1) is 0 Å². The molecule has 0 saturated carbocycles. The van der Waals surface area contributed by atoms with Crippen molar-refractivity contribution in [3.05, 3.63) is 23.5 Å². The lowest BCUT2D eigenvalue weighted by Crippen LogP contribution is -2.33. The highest BCUT2D eigenvalue weighted by Crippen LogP contribution is 2.25. The van der Waals surface area contributed by atoms with Gasteiger partial charge in [0.25, 0.3) is 0 Å². The Kier molecular flexibility index (Phi) is 6.26. The number of ether oxygens (including phenoxy) is 1. The number of aryl methyl sites for hydroxylation is 1. The van der Waals surface area contributed by atoms with E-state index < -0.39 is 34.7 Å². The summed E-state index contributed by atoms with van der Waals surface area (Å²) in [6.45, 7) is 5.40. The van der Waals surface area contributed by atoms with E-state index in [9.17, 15) is 21.8 Å². The molecule has 1 rings (SSSR count). The molecular formula is C14H18F4N2O2S. The van der Waals surface area contributed by atoms with Crippen molar-refractivity contribution in [2.45, 2.75) is 44.8 Å². The van der Waals surface area contributed by atoms with Crippen molar-refractivity contribution in [1.29, 1.82) is 0 Å². The molecule has 0 saturated heterocycles. The maximum absolute atomic E-state index is 12.8. The first-order chi connectivity index (χ1) is 10.4. The van der Waals surface area contributed by atoms with Crippen molar-refractivity contribution in [1.82, 2.24) is 4.98 Å². The average Bonchev–Trinajstić information content (AvgIpc) is 2.42. The van der Waals surface area contributed by atoms with Crippen molar-refractivity contribution in [3.8, 4) is 5.75 Å². The molecule has 0 amide bonds. The maximum atomic E-state index is 12.8. The molecule has 0 bridgehead atoms. The molecule has 0 fully saturated rings. The fraction of sp³-hybridized carbons (Fsp3) is 0.571. The van der Waals surface area contributed by atoms with Crippen molar-refractivity contribution in [2.75, 3.05) is 6.61 Å². The van der Waals surface area contributed by atoms with Gasteiger partial charge >= 0.3 is 12.3 Å². The van der Waals surface area contributed by atoms with Crippen molar-refractivity contribution >= 4 is 17.2 Å². The van der Waals surface area contributed by atoms with Crippen LogP contribution in [0.25, 0.3) is 0 Å². The minimum atomic E-state index is -4.23. The van der Waals surface area contributed by atoms with Crippen LogP contribution < -0.4 is 4.74 Å². The maximum Gasteiger partial charge on any atom is 0.340 e. The third-order valence-electron chi connectivity index (χ3n) is 2.63. The largest absolute Gasteiger partial charge is 0.485 e. The minimum absolute atomic E-state index is 0.0283. The summed E-state index contributed by atoms with van der Waals surface area (Å²) in [5.41, 5.74) is 0.779. The Morgan fingerprint density at radius 3 is 2.48 bits per heavy atom. The van der Waals surface area contributed by atoms with Gasteiger partial charge in [0.1, 0.15) is 16.7 Å². The molecule has 0 aliphatic rings. The summed E-state index contributed by atoms with van der Waals surface area (Å²) in [6, 6.07) is 1.47. The Hall–Kier alpha value is -1.51. The zero-order valence-electron chi connectivity index (χ0n) is 13.1. The number of nitrogens with zero attached hydrogens (tertiary/aromatic N) is 2. The van der Waals surface area contributed by atoms with Crippen LogP contribution in [0, 0.1) is 6.92 Å². The van der Waals surface area contributed by atoms with E-state index >= 15 is 0 Å². The molecule has 0 spiro atoms. The Labute approximate surface area is 134 Å². The number of rotatable bonds is 6. The topological polar surface area (TPSA) is 51.5 Å². The standard InChI is InChI=1S/C14H18F4N2O2S/c1-9-5-10(6-20-23(21)13(2,3)4)19-7-11(9)22-8-14(17,18)12(15)16/h5-7,12H,8H2,1-4H3/b20-6+/t23-/m1/s1. The molecule has 23 heavy (non-hydrogen) atoms. The van der Waals surface area contributed by atoms with Gasteiger partial charge in [-0.1, -0.05) is 0 Å². The van der Waals surface area contributed by atoms with Gasteiger partial charge in [0.15, 0.2) is 6.61 Å². The zero-order chi connectivity index (χ0) is 17.8. The second-order valence-electron chi connectivity index (χ2n) is 5.82. The first-order valence-corrected chi connectivity index (χ1v) is 7.75. The fourth-order valence-corrected chi connectivity index (χ4v) is 1.80. The van der Waals surface area contributed by atoms with Crippen LogP contribution in [0.1, 0.15) is 32.0 Å². The number of pyridine rings is 1. The van der Waals surface area contributed by atoms with E-state index in [1.165, 1.54) is 12.3 Å². The van der Waals surface area contributed by atoms with Gasteiger partial charge in [0.2, 0.25) is 0 Å². The zero-order valence-corrected chi connectivity index (χ0v) is 14.0. The molecule has 0 aliphatic carbocycles. The first kappa shape index (κ1) is 19.5. The lowest BCUT2D eigenvalue weighted by molar-refractivity contribution is -0.148. The van der Waals surface area contributed by atoms with Gasteiger partial charge in [-0.2, -0.15) is 13.2 Å². The highest BCUT2D eigenvalue weighted by molar-refractivity contribution is 7.85. The van der Waals surface area contributed by atoms with E-state index in [0.717, 1.165) is 6.20 Å². The quantitative estimate of drug-likeness (QED) is 0.580. The third kappa shape index (κ3) is 5.89. The van der Waals surface area contributed by atoms with E-state index in [1.54, 1.807) is 27.7 Å².